The van der Waals surface area contributed by atoms with Crippen molar-refractivity contribution in [3.05, 3.63) is 65.5 Å². The molecule has 5 rings (SSSR count). The lowest BCUT2D eigenvalue weighted by Crippen LogP contribution is -2.57. The number of anilines is 1. The first-order valence-electron chi connectivity index (χ1n) is 11.5. The molecular formula is C25H25N5O5. The third-order valence-corrected chi connectivity index (χ3v) is 6.84. The molecule has 10 nitrogen and oxygen atoms in total. The van der Waals surface area contributed by atoms with E-state index in [4.69, 9.17) is 4.74 Å². The van der Waals surface area contributed by atoms with Crippen LogP contribution in [-0.4, -0.2) is 61.8 Å². The number of ether oxygens (including phenoxy) is 1. The first kappa shape index (κ1) is 22.6. The fraction of sp³-hybridized carbons (Fsp3) is 0.320. The number of carboxylic acid groups (broad SMARTS) is 1. The summed E-state index contributed by atoms with van der Waals surface area (Å²) in [5.74, 6) is -2.01. The molecule has 2 heterocycles. The molecule has 2 aromatic carbocycles. The first-order valence-corrected chi connectivity index (χ1v) is 11.5. The molecule has 10 heteroatoms. The van der Waals surface area contributed by atoms with E-state index in [1.807, 2.05) is 36.4 Å². The maximum absolute atomic E-state index is 12.9. The van der Waals surface area contributed by atoms with E-state index in [1.165, 1.54) is 11.8 Å². The van der Waals surface area contributed by atoms with Crippen molar-refractivity contribution in [1.82, 2.24) is 20.1 Å². The molecule has 3 aromatic rings. The highest BCUT2D eigenvalue weighted by atomic mass is 16.5. The molecule has 1 aromatic heterocycles. The largest absolute Gasteiger partial charge is 0.480 e. The van der Waals surface area contributed by atoms with Crippen molar-refractivity contribution in [2.24, 2.45) is 0 Å². The molecule has 1 saturated heterocycles. The molecule has 1 unspecified atom stereocenters. The molecule has 1 fully saturated rings. The maximum atomic E-state index is 12.9. The number of hydrogen-bond acceptors (Lipinski definition) is 6. The summed E-state index contributed by atoms with van der Waals surface area (Å²) in [5.41, 5.74) is 3.12. The van der Waals surface area contributed by atoms with E-state index in [0.717, 1.165) is 28.7 Å². The number of nitrogens with one attached hydrogen (secondary N) is 2. The maximum Gasteiger partial charge on any atom is 0.414 e. The van der Waals surface area contributed by atoms with Gasteiger partial charge in [-0.15, -0.1) is 5.10 Å². The number of rotatable bonds is 5. The van der Waals surface area contributed by atoms with Crippen molar-refractivity contribution < 1.29 is 24.2 Å². The van der Waals surface area contributed by atoms with Crippen molar-refractivity contribution >= 4 is 23.9 Å². The summed E-state index contributed by atoms with van der Waals surface area (Å²) in [7, 11) is 0. The average molecular weight is 476 g/mol. The molecule has 0 bridgehead atoms. The summed E-state index contributed by atoms with van der Waals surface area (Å²) in [6.07, 6.45) is 1.02. The summed E-state index contributed by atoms with van der Waals surface area (Å²) in [4.78, 5) is 42.5. The van der Waals surface area contributed by atoms with Crippen molar-refractivity contribution in [2.75, 3.05) is 18.5 Å². The predicted molar refractivity (Wildman–Crippen MR) is 126 cm³/mol. The smallest absolute Gasteiger partial charge is 0.414 e. The van der Waals surface area contributed by atoms with Gasteiger partial charge in [0.2, 0.25) is 5.82 Å². The Bertz CT molecular complexity index is 1260. The second kappa shape index (κ2) is 8.86. The number of piperidine rings is 1. The number of fused-ring (bicyclic) bond motifs is 3. The van der Waals surface area contributed by atoms with Crippen molar-refractivity contribution in [3.8, 4) is 11.1 Å². The van der Waals surface area contributed by atoms with E-state index in [0.29, 0.717) is 19.4 Å². The Morgan fingerprint density at radius 2 is 1.77 bits per heavy atom. The second-order valence-corrected chi connectivity index (χ2v) is 8.95. The van der Waals surface area contributed by atoms with E-state index < -0.39 is 23.5 Å². The molecule has 0 radical (unpaired) electrons. The van der Waals surface area contributed by atoms with Crippen LogP contribution in [0.5, 0.6) is 0 Å². The summed E-state index contributed by atoms with van der Waals surface area (Å²) in [6, 6.07) is 16.0. The van der Waals surface area contributed by atoms with Crippen LogP contribution in [0.25, 0.3) is 11.1 Å². The van der Waals surface area contributed by atoms with Crippen molar-refractivity contribution in [2.45, 2.75) is 37.6 Å². The molecule has 2 aliphatic rings. The zero-order valence-corrected chi connectivity index (χ0v) is 19.2. The average Bonchev–Trinajstić information content (AvgIpc) is 3.45. The molecule has 35 heavy (non-hydrogen) atoms. The normalized spacial score (nSPS) is 19.1. The molecule has 2 amide bonds. The fourth-order valence-corrected chi connectivity index (χ4v) is 4.94. The molecule has 0 spiro atoms. The quantitative estimate of drug-likeness (QED) is 0.512. The van der Waals surface area contributed by atoms with Gasteiger partial charge in [0.1, 0.15) is 12.1 Å². The lowest BCUT2D eigenvalue weighted by atomic mass is 9.88. The fourth-order valence-electron chi connectivity index (χ4n) is 4.94. The van der Waals surface area contributed by atoms with Crippen LogP contribution >= 0.6 is 0 Å². The van der Waals surface area contributed by atoms with Crippen molar-refractivity contribution in [1.29, 1.82) is 0 Å². The number of carbonyl (C=O) groups is 3. The van der Waals surface area contributed by atoms with Gasteiger partial charge in [-0.25, -0.2) is 9.59 Å². The molecule has 3 N–H and O–H groups in total. The summed E-state index contributed by atoms with van der Waals surface area (Å²) < 4.78 is 5.48. The minimum absolute atomic E-state index is 0.0924. The molecule has 180 valence electrons. The molecular weight excluding hydrogens is 450 g/mol. The number of H-pyrrole nitrogens is 1. The summed E-state index contributed by atoms with van der Waals surface area (Å²) >= 11 is 0. The predicted octanol–water partition coefficient (Wildman–Crippen LogP) is 3.64. The Labute approximate surface area is 201 Å². The topological polar surface area (TPSA) is 138 Å². The van der Waals surface area contributed by atoms with Gasteiger partial charge in [-0.2, -0.15) is 4.98 Å². The molecule has 1 aliphatic carbocycles. The monoisotopic (exact) mass is 475 g/mol. The Morgan fingerprint density at radius 3 is 2.43 bits per heavy atom. The number of aromatic nitrogens is 3. The van der Waals surface area contributed by atoms with Crippen LogP contribution in [0.3, 0.4) is 0 Å². The zero-order chi connectivity index (χ0) is 24.6. The highest BCUT2D eigenvalue weighted by Crippen LogP contribution is 2.44. The SMILES string of the molecule is CC1(C(=O)O)CCCCN1C(=O)c1nc(NC(=O)OCC2c3ccccc3-c3ccccc32)n[nH]1. The van der Waals surface area contributed by atoms with Crippen LogP contribution in [-0.2, 0) is 9.53 Å². The molecule has 1 atom stereocenters. The summed E-state index contributed by atoms with van der Waals surface area (Å²) in [6.45, 7) is 1.96. The van der Waals surface area contributed by atoms with Gasteiger partial charge in [0.05, 0.1) is 0 Å². The number of likely N-dealkylation sites (tertiary alicyclic amines) is 1. The number of nitrogens with zero attached hydrogens (tertiary/aromatic N) is 3. The van der Waals surface area contributed by atoms with Gasteiger partial charge in [0, 0.05) is 12.5 Å². The minimum Gasteiger partial charge on any atom is -0.480 e. The van der Waals surface area contributed by atoms with Gasteiger partial charge in [0.15, 0.2) is 0 Å². The Morgan fingerprint density at radius 1 is 1.11 bits per heavy atom. The van der Waals surface area contributed by atoms with E-state index in [1.54, 1.807) is 0 Å². The van der Waals surface area contributed by atoms with Crippen LogP contribution in [0.4, 0.5) is 10.7 Å². The highest BCUT2D eigenvalue weighted by Gasteiger charge is 2.45. The number of aromatic amines is 1. The van der Waals surface area contributed by atoms with Gasteiger partial charge in [-0.1, -0.05) is 48.5 Å². The van der Waals surface area contributed by atoms with Crippen LogP contribution in [0.2, 0.25) is 0 Å². The Hall–Kier alpha value is -4.21. The third-order valence-electron chi connectivity index (χ3n) is 6.84. The van der Waals surface area contributed by atoms with Crippen LogP contribution < -0.4 is 5.32 Å². The van der Waals surface area contributed by atoms with Gasteiger partial charge >= 0.3 is 12.1 Å². The number of carboxylic acids is 1. The van der Waals surface area contributed by atoms with E-state index in [2.05, 4.69) is 32.6 Å². The number of hydrogen-bond donors (Lipinski definition) is 3. The van der Waals surface area contributed by atoms with Gasteiger partial charge in [-0.3, -0.25) is 15.2 Å². The van der Waals surface area contributed by atoms with E-state index >= 15 is 0 Å². The standard InChI is InChI=1S/C25H25N5O5/c1-25(22(32)33)12-6-7-13-30(25)21(31)20-26-23(29-28-20)27-24(34)35-14-19-17-10-4-2-8-15(17)16-9-3-5-11-18(16)19/h2-5,8-11,19H,6-7,12-14H2,1H3,(H,32,33)(H2,26,27,28,29,34). The van der Waals surface area contributed by atoms with Crippen LogP contribution in [0.15, 0.2) is 48.5 Å². The zero-order valence-electron chi connectivity index (χ0n) is 19.2. The summed E-state index contributed by atoms with van der Waals surface area (Å²) in [5, 5.41) is 18.4. The second-order valence-electron chi connectivity index (χ2n) is 8.95. The number of carbonyl (C=O) groups excluding carboxylic acids is 2. The third kappa shape index (κ3) is 4.01. The number of benzene rings is 2. The molecule has 0 saturated carbocycles. The Kier molecular flexibility index (Phi) is 5.72. The number of amides is 2. The van der Waals surface area contributed by atoms with Crippen LogP contribution in [0, 0.1) is 0 Å². The van der Waals surface area contributed by atoms with E-state index in [9.17, 15) is 19.5 Å². The van der Waals surface area contributed by atoms with Crippen molar-refractivity contribution in [3.63, 3.8) is 0 Å². The lowest BCUT2D eigenvalue weighted by Gasteiger charge is -2.41. The van der Waals surface area contributed by atoms with E-state index in [-0.39, 0.29) is 24.3 Å². The lowest BCUT2D eigenvalue weighted by molar-refractivity contribution is -0.150. The van der Waals surface area contributed by atoms with Crippen LogP contribution in [0.1, 0.15) is 53.8 Å². The van der Waals surface area contributed by atoms with Gasteiger partial charge < -0.3 is 14.7 Å². The highest BCUT2D eigenvalue weighted by molar-refractivity contribution is 5.95. The molecule has 1 aliphatic heterocycles. The first-order chi connectivity index (χ1) is 16.9. The van der Waals surface area contributed by atoms with Gasteiger partial charge in [0.25, 0.3) is 11.9 Å². The minimum atomic E-state index is -1.32. The van der Waals surface area contributed by atoms with Gasteiger partial charge in [-0.05, 0) is 48.4 Å². The number of aliphatic carboxylic acids is 1. The Balaban J connectivity index is 1.24.